The molecule has 1 unspecified atom stereocenters. The molecule has 16 heavy (non-hydrogen) atoms. The molecule has 2 nitrogen and oxygen atoms in total. The summed E-state index contributed by atoms with van der Waals surface area (Å²) in [6.07, 6.45) is 0.712. The molecule has 1 aromatic carbocycles. The van der Waals surface area contributed by atoms with Gasteiger partial charge < -0.3 is 4.74 Å². The number of carbonyl (C=O) groups is 1. The van der Waals surface area contributed by atoms with E-state index in [0.29, 0.717) is 6.42 Å². The Bertz CT molecular complexity index is 346. The van der Waals surface area contributed by atoms with Gasteiger partial charge in [-0.3, -0.25) is 4.79 Å². The van der Waals surface area contributed by atoms with Crippen LogP contribution in [0.3, 0.4) is 0 Å². The number of rotatable bonds is 4. The topological polar surface area (TPSA) is 26.3 Å². The maximum atomic E-state index is 11.6. The summed E-state index contributed by atoms with van der Waals surface area (Å²) in [5.41, 5.74) is 0.707. The van der Waals surface area contributed by atoms with Crippen LogP contribution in [-0.2, 0) is 9.53 Å². The Morgan fingerprint density at radius 1 is 1.38 bits per heavy atom. The zero-order valence-electron chi connectivity index (χ0n) is 9.87. The highest BCUT2D eigenvalue weighted by molar-refractivity contribution is 9.09. The van der Waals surface area contributed by atoms with Crippen molar-refractivity contribution < 1.29 is 9.53 Å². The van der Waals surface area contributed by atoms with E-state index in [-0.39, 0.29) is 10.8 Å². The molecule has 1 aromatic rings. The van der Waals surface area contributed by atoms with Crippen molar-refractivity contribution in [1.82, 2.24) is 0 Å². The zero-order chi connectivity index (χ0) is 12.2. The Morgan fingerprint density at radius 2 is 1.94 bits per heavy atom. The minimum Gasteiger partial charge on any atom is -0.469 e. The first-order valence-corrected chi connectivity index (χ1v) is 6.16. The van der Waals surface area contributed by atoms with Crippen LogP contribution in [0.1, 0.15) is 30.7 Å². The average molecular weight is 285 g/mol. The van der Waals surface area contributed by atoms with Gasteiger partial charge >= 0.3 is 5.97 Å². The van der Waals surface area contributed by atoms with Crippen molar-refractivity contribution in [2.75, 3.05) is 7.11 Å². The number of halogens is 1. The molecule has 0 aliphatic heterocycles. The van der Waals surface area contributed by atoms with Gasteiger partial charge in [0.05, 0.1) is 12.5 Å². The Morgan fingerprint density at radius 3 is 2.44 bits per heavy atom. The number of hydrogen-bond donors (Lipinski definition) is 0. The number of ether oxygens (including phenoxy) is 1. The normalized spacial score (nSPS) is 13.2. The second-order valence-corrected chi connectivity index (χ2v) is 5.56. The minimum atomic E-state index is -0.473. The van der Waals surface area contributed by atoms with E-state index >= 15 is 0 Å². The molecular formula is C13H17BrO2. The van der Waals surface area contributed by atoms with Gasteiger partial charge in [0.15, 0.2) is 0 Å². The summed E-state index contributed by atoms with van der Waals surface area (Å²) >= 11 is 3.61. The quantitative estimate of drug-likeness (QED) is 0.622. The summed E-state index contributed by atoms with van der Waals surface area (Å²) in [6.45, 7) is 3.80. The monoisotopic (exact) mass is 284 g/mol. The van der Waals surface area contributed by atoms with Gasteiger partial charge in [0.25, 0.3) is 0 Å². The molecule has 0 aliphatic rings. The van der Waals surface area contributed by atoms with Crippen LogP contribution in [-0.4, -0.2) is 13.1 Å². The Kier molecular flexibility index (Phi) is 4.54. The lowest BCUT2D eigenvalue weighted by Gasteiger charge is -2.24. The maximum Gasteiger partial charge on any atom is 0.311 e. The molecule has 0 heterocycles. The summed E-state index contributed by atoms with van der Waals surface area (Å²) in [5, 5.41) is 0. The van der Waals surface area contributed by atoms with Gasteiger partial charge in [-0.1, -0.05) is 46.3 Å². The number of methoxy groups -OCH3 is 1. The van der Waals surface area contributed by atoms with Crippen LogP contribution in [0, 0.1) is 5.41 Å². The van der Waals surface area contributed by atoms with Crippen LogP contribution >= 0.6 is 15.9 Å². The predicted molar refractivity (Wildman–Crippen MR) is 68.5 cm³/mol. The van der Waals surface area contributed by atoms with Gasteiger partial charge in [0.2, 0.25) is 0 Å². The molecule has 0 amide bonds. The number of alkyl halides is 1. The summed E-state index contributed by atoms with van der Waals surface area (Å²) in [4.78, 5) is 11.7. The number of benzene rings is 1. The molecule has 0 N–H and O–H groups in total. The number of carbonyl (C=O) groups excluding carboxylic acids is 1. The SMILES string of the molecule is COC(=O)C(C)(C)CC(Br)c1ccccc1. The largest absolute Gasteiger partial charge is 0.469 e. The fourth-order valence-corrected chi connectivity index (χ4v) is 2.70. The summed E-state index contributed by atoms with van der Waals surface area (Å²) in [7, 11) is 1.43. The third-order valence-corrected chi connectivity index (χ3v) is 3.44. The molecule has 3 heteroatoms. The second-order valence-electron chi connectivity index (χ2n) is 4.46. The highest BCUT2D eigenvalue weighted by atomic mass is 79.9. The lowest BCUT2D eigenvalue weighted by Crippen LogP contribution is -2.26. The fraction of sp³-hybridized carbons (Fsp3) is 0.462. The zero-order valence-corrected chi connectivity index (χ0v) is 11.5. The second kappa shape index (κ2) is 5.48. The van der Waals surface area contributed by atoms with Gasteiger partial charge in [-0.2, -0.15) is 0 Å². The molecule has 0 aromatic heterocycles. The molecule has 1 atom stereocenters. The fourth-order valence-electron chi connectivity index (χ4n) is 1.59. The van der Waals surface area contributed by atoms with Crippen molar-refractivity contribution in [3.8, 4) is 0 Å². The molecule has 0 fully saturated rings. The maximum absolute atomic E-state index is 11.6. The molecule has 0 radical (unpaired) electrons. The van der Waals surface area contributed by atoms with E-state index in [0.717, 1.165) is 0 Å². The summed E-state index contributed by atoms with van der Waals surface area (Å²) in [6, 6.07) is 10.1. The molecule has 0 spiro atoms. The third kappa shape index (κ3) is 3.34. The summed E-state index contributed by atoms with van der Waals surface area (Å²) in [5.74, 6) is -0.173. The van der Waals surface area contributed by atoms with Crippen molar-refractivity contribution in [1.29, 1.82) is 0 Å². The third-order valence-electron chi connectivity index (χ3n) is 2.59. The first kappa shape index (κ1) is 13.2. The number of esters is 1. The molecule has 88 valence electrons. The van der Waals surface area contributed by atoms with E-state index in [2.05, 4.69) is 15.9 Å². The first-order chi connectivity index (χ1) is 7.47. The van der Waals surface area contributed by atoms with Gasteiger partial charge in [0, 0.05) is 4.83 Å². The van der Waals surface area contributed by atoms with E-state index in [4.69, 9.17) is 4.74 Å². The van der Waals surface area contributed by atoms with Crippen molar-refractivity contribution in [3.05, 3.63) is 35.9 Å². The van der Waals surface area contributed by atoms with E-state index < -0.39 is 5.41 Å². The van der Waals surface area contributed by atoms with E-state index in [9.17, 15) is 4.79 Å². The van der Waals surface area contributed by atoms with Crippen LogP contribution in [0.5, 0.6) is 0 Å². The smallest absolute Gasteiger partial charge is 0.311 e. The van der Waals surface area contributed by atoms with Crippen LogP contribution in [0.25, 0.3) is 0 Å². The average Bonchev–Trinajstić information content (AvgIpc) is 2.28. The highest BCUT2D eigenvalue weighted by Crippen LogP contribution is 2.36. The van der Waals surface area contributed by atoms with Crippen LogP contribution < -0.4 is 0 Å². The van der Waals surface area contributed by atoms with Crippen molar-refractivity contribution >= 4 is 21.9 Å². The van der Waals surface area contributed by atoms with Crippen molar-refractivity contribution in [2.45, 2.75) is 25.1 Å². The standard InChI is InChI=1S/C13H17BrO2/c1-13(2,12(15)16-3)9-11(14)10-7-5-4-6-8-10/h4-8,11H,9H2,1-3H3. The molecule has 1 rings (SSSR count). The molecule has 0 aliphatic carbocycles. The van der Waals surface area contributed by atoms with Crippen molar-refractivity contribution in [3.63, 3.8) is 0 Å². The lowest BCUT2D eigenvalue weighted by atomic mass is 9.86. The molecular weight excluding hydrogens is 268 g/mol. The Hall–Kier alpha value is -0.830. The van der Waals surface area contributed by atoms with Gasteiger partial charge in [-0.25, -0.2) is 0 Å². The molecule has 0 saturated heterocycles. The first-order valence-electron chi connectivity index (χ1n) is 5.25. The van der Waals surface area contributed by atoms with Crippen LogP contribution in [0.15, 0.2) is 30.3 Å². The van der Waals surface area contributed by atoms with Crippen LogP contribution in [0.2, 0.25) is 0 Å². The minimum absolute atomic E-state index is 0.169. The molecule has 0 bridgehead atoms. The Balaban J connectivity index is 2.71. The van der Waals surface area contributed by atoms with Gasteiger partial charge in [-0.15, -0.1) is 0 Å². The van der Waals surface area contributed by atoms with E-state index in [1.807, 2.05) is 44.2 Å². The van der Waals surface area contributed by atoms with E-state index in [1.54, 1.807) is 0 Å². The Labute approximate surface area is 105 Å². The lowest BCUT2D eigenvalue weighted by molar-refractivity contribution is -0.151. The van der Waals surface area contributed by atoms with E-state index in [1.165, 1.54) is 12.7 Å². The van der Waals surface area contributed by atoms with Crippen molar-refractivity contribution in [2.24, 2.45) is 5.41 Å². The molecule has 0 saturated carbocycles. The van der Waals surface area contributed by atoms with Gasteiger partial charge in [-0.05, 0) is 25.8 Å². The number of hydrogen-bond acceptors (Lipinski definition) is 2. The summed E-state index contributed by atoms with van der Waals surface area (Å²) < 4.78 is 4.79. The predicted octanol–water partition coefficient (Wildman–Crippen LogP) is 3.71. The van der Waals surface area contributed by atoms with Gasteiger partial charge in [0.1, 0.15) is 0 Å². The highest BCUT2D eigenvalue weighted by Gasteiger charge is 2.31. The van der Waals surface area contributed by atoms with Crippen LogP contribution in [0.4, 0.5) is 0 Å².